The van der Waals surface area contributed by atoms with Gasteiger partial charge >= 0.3 is 5.97 Å². The second-order valence-corrected chi connectivity index (χ2v) is 5.65. The van der Waals surface area contributed by atoms with E-state index >= 15 is 0 Å². The van der Waals surface area contributed by atoms with E-state index in [-0.39, 0.29) is 12.5 Å². The van der Waals surface area contributed by atoms with Crippen LogP contribution in [0, 0.1) is 12.3 Å². The van der Waals surface area contributed by atoms with Crippen molar-refractivity contribution in [3.8, 4) is 0 Å². The Morgan fingerprint density at radius 2 is 2.05 bits per heavy atom. The van der Waals surface area contributed by atoms with Crippen LogP contribution in [0.3, 0.4) is 0 Å². The smallest absolute Gasteiger partial charge is 0.311 e. The second kappa shape index (κ2) is 6.61. The van der Waals surface area contributed by atoms with Gasteiger partial charge in [0, 0.05) is 12.6 Å². The summed E-state index contributed by atoms with van der Waals surface area (Å²) in [6.07, 6.45) is 7.09. The number of carbonyl (C=O) groups excluding carboxylic acids is 1. The van der Waals surface area contributed by atoms with Crippen molar-refractivity contribution >= 4 is 18.0 Å². The number of amides is 1. The van der Waals surface area contributed by atoms with Crippen LogP contribution >= 0.6 is 0 Å². The molecule has 0 unspecified atom stereocenters. The number of furan rings is 1. The average molecular weight is 291 g/mol. The molecule has 1 aromatic rings. The molecule has 0 saturated heterocycles. The van der Waals surface area contributed by atoms with Crippen molar-refractivity contribution in [1.82, 2.24) is 5.32 Å². The van der Waals surface area contributed by atoms with E-state index in [1.807, 2.05) is 13.0 Å². The maximum Gasteiger partial charge on any atom is 0.311 e. The van der Waals surface area contributed by atoms with Crippen LogP contribution in [0.5, 0.6) is 0 Å². The third-order valence-corrected chi connectivity index (χ3v) is 4.03. The summed E-state index contributed by atoms with van der Waals surface area (Å²) in [4.78, 5) is 23.3. The van der Waals surface area contributed by atoms with E-state index in [0.717, 1.165) is 25.0 Å². The molecule has 1 aromatic heterocycles. The molecule has 0 aliphatic heterocycles. The molecule has 0 atom stereocenters. The maximum atomic E-state index is 11.8. The fourth-order valence-corrected chi connectivity index (χ4v) is 2.71. The van der Waals surface area contributed by atoms with Gasteiger partial charge in [0.2, 0.25) is 5.91 Å². The molecule has 1 fully saturated rings. The van der Waals surface area contributed by atoms with E-state index < -0.39 is 11.4 Å². The van der Waals surface area contributed by atoms with E-state index in [4.69, 9.17) is 4.42 Å². The lowest BCUT2D eigenvalue weighted by atomic mass is 9.74. The van der Waals surface area contributed by atoms with Gasteiger partial charge in [-0.3, -0.25) is 9.59 Å². The maximum absolute atomic E-state index is 11.8. The Kier molecular flexibility index (Phi) is 4.83. The molecule has 1 aliphatic rings. The number of aryl methyl sites for hydroxylation is 1. The third kappa shape index (κ3) is 3.97. The van der Waals surface area contributed by atoms with E-state index in [0.29, 0.717) is 18.6 Å². The molecule has 2 rings (SSSR count). The van der Waals surface area contributed by atoms with Gasteiger partial charge in [0.15, 0.2) is 0 Å². The van der Waals surface area contributed by atoms with Gasteiger partial charge in [0.1, 0.15) is 11.5 Å². The Hall–Kier alpha value is -2.04. The average Bonchev–Trinajstić information content (AvgIpc) is 2.89. The standard InChI is InChI=1S/C16H21NO4/c1-12-5-6-13(21-12)7-8-14(18)17-11-16(15(19)20)9-3-2-4-10-16/h5-8H,2-4,9-11H2,1H3,(H,17,18)(H,19,20)/b8-7+. The second-order valence-electron chi connectivity index (χ2n) is 5.65. The van der Waals surface area contributed by atoms with Crippen LogP contribution in [0.25, 0.3) is 6.08 Å². The van der Waals surface area contributed by atoms with Gasteiger partial charge < -0.3 is 14.8 Å². The Morgan fingerprint density at radius 1 is 1.33 bits per heavy atom. The van der Waals surface area contributed by atoms with E-state index in [1.165, 1.54) is 6.08 Å². The number of carboxylic acid groups (broad SMARTS) is 1. The highest BCUT2D eigenvalue weighted by Crippen LogP contribution is 2.35. The molecule has 5 nitrogen and oxygen atoms in total. The van der Waals surface area contributed by atoms with Crippen molar-refractivity contribution < 1.29 is 19.1 Å². The zero-order valence-electron chi connectivity index (χ0n) is 12.2. The minimum atomic E-state index is -0.812. The van der Waals surface area contributed by atoms with Crippen LogP contribution in [0.1, 0.15) is 43.6 Å². The largest absolute Gasteiger partial charge is 0.481 e. The lowest BCUT2D eigenvalue weighted by Gasteiger charge is -2.33. The number of carboxylic acids is 1. The Bertz CT molecular complexity index is 538. The van der Waals surface area contributed by atoms with E-state index in [9.17, 15) is 14.7 Å². The quantitative estimate of drug-likeness (QED) is 0.817. The van der Waals surface area contributed by atoms with Gasteiger partial charge in [-0.1, -0.05) is 19.3 Å². The van der Waals surface area contributed by atoms with Gasteiger partial charge in [-0.2, -0.15) is 0 Å². The van der Waals surface area contributed by atoms with Crippen molar-refractivity contribution in [3.05, 3.63) is 29.7 Å². The van der Waals surface area contributed by atoms with Gasteiger partial charge in [-0.15, -0.1) is 0 Å². The fourth-order valence-electron chi connectivity index (χ4n) is 2.71. The zero-order chi connectivity index (χ0) is 15.3. The van der Waals surface area contributed by atoms with Gasteiger partial charge in [-0.05, 0) is 38.0 Å². The van der Waals surface area contributed by atoms with Crippen molar-refractivity contribution in [2.75, 3.05) is 6.54 Å². The van der Waals surface area contributed by atoms with Crippen LogP contribution in [0.15, 0.2) is 22.6 Å². The summed E-state index contributed by atoms with van der Waals surface area (Å²) in [5.41, 5.74) is -0.803. The Labute approximate surface area is 124 Å². The molecule has 2 N–H and O–H groups in total. The van der Waals surface area contributed by atoms with Crippen LogP contribution in [-0.4, -0.2) is 23.5 Å². The zero-order valence-corrected chi connectivity index (χ0v) is 12.2. The molecule has 0 radical (unpaired) electrons. The van der Waals surface area contributed by atoms with Gasteiger partial charge in [-0.25, -0.2) is 0 Å². The Balaban J connectivity index is 1.90. The first kappa shape index (κ1) is 15.4. The number of hydrogen-bond acceptors (Lipinski definition) is 3. The molecular weight excluding hydrogens is 270 g/mol. The lowest BCUT2D eigenvalue weighted by molar-refractivity contribution is -0.150. The molecule has 21 heavy (non-hydrogen) atoms. The summed E-state index contributed by atoms with van der Waals surface area (Å²) in [5, 5.41) is 12.1. The van der Waals surface area contributed by atoms with Gasteiger partial charge in [0.05, 0.1) is 5.41 Å². The molecule has 0 bridgehead atoms. The number of rotatable bonds is 5. The summed E-state index contributed by atoms with van der Waals surface area (Å²) >= 11 is 0. The van der Waals surface area contributed by atoms with E-state index in [2.05, 4.69) is 5.32 Å². The molecule has 0 spiro atoms. The Morgan fingerprint density at radius 3 is 2.62 bits per heavy atom. The predicted octanol–water partition coefficient (Wildman–Crippen LogP) is 2.75. The molecule has 1 aliphatic carbocycles. The molecule has 0 aromatic carbocycles. The lowest BCUT2D eigenvalue weighted by Crippen LogP contribution is -2.44. The molecule has 1 amide bonds. The summed E-state index contributed by atoms with van der Waals surface area (Å²) in [7, 11) is 0. The number of hydrogen-bond donors (Lipinski definition) is 2. The summed E-state index contributed by atoms with van der Waals surface area (Å²) in [6.45, 7) is 2.01. The normalized spacial score (nSPS) is 17.8. The summed E-state index contributed by atoms with van der Waals surface area (Å²) in [6, 6.07) is 3.60. The highest BCUT2D eigenvalue weighted by Gasteiger charge is 2.39. The topological polar surface area (TPSA) is 79.5 Å². The van der Waals surface area contributed by atoms with Crippen LogP contribution in [0.2, 0.25) is 0 Å². The predicted molar refractivity (Wildman–Crippen MR) is 78.6 cm³/mol. The van der Waals surface area contributed by atoms with Crippen molar-refractivity contribution in [1.29, 1.82) is 0 Å². The first-order valence-electron chi connectivity index (χ1n) is 7.28. The minimum absolute atomic E-state index is 0.183. The summed E-state index contributed by atoms with van der Waals surface area (Å²) in [5.74, 6) is 0.277. The van der Waals surface area contributed by atoms with Crippen molar-refractivity contribution in [2.24, 2.45) is 5.41 Å². The minimum Gasteiger partial charge on any atom is -0.481 e. The molecule has 114 valence electrons. The molecule has 5 heteroatoms. The number of nitrogens with one attached hydrogen (secondary N) is 1. The monoisotopic (exact) mass is 291 g/mol. The van der Waals surface area contributed by atoms with Gasteiger partial charge in [0.25, 0.3) is 0 Å². The third-order valence-electron chi connectivity index (χ3n) is 4.03. The van der Waals surface area contributed by atoms with Crippen LogP contribution < -0.4 is 5.32 Å². The van der Waals surface area contributed by atoms with Crippen LogP contribution in [-0.2, 0) is 9.59 Å². The van der Waals surface area contributed by atoms with Crippen molar-refractivity contribution in [2.45, 2.75) is 39.0 Å². The van der Waals surface area contributed by atoms with Crippen molar-refractivity contribution in [3.63, 3.8) is 0 Å². The molecule has 1 saturated carbocycles. The summed E-state index contributed by atoms with van der Waals surface area (Å²) < 4.78 is 5.33. The molecule has 1 heterocycles. The number of aliphatic carboxylic acids is 1. The van der Waals surface area contributed by atoms with Crippen LogP contribution in [0.4, 0.5) is 0 Å². The van der Waals surface area contributed by atoms with E-state index in [1.54, 1.807) is 12.1 Å². The highest BCUT2D eigenvalue weighted by atomic mass is 16.4. The fraction of sp³-hybridized carbons (Fsp3) is 0.500. The first-order chi connectivity index (χ1) is 10.0. The SMILES string of the molecule is Cc1ccc(/C=C/C(=O)NCC2(C(=O)O)CCCCC2)o1. The molecular formula is C16H21NO4. The number of carbonyl (C=O) groups is 2. The highest BCUT2D eigenvalue weighted by molar-refractivity contribution is 5.91. The first-order valence-corrected chi connectivity index (χ1v) is 7.28.